The van der Waals surface area contributed by atoms with Crippen LogP contribution in [0.4, 0.5) is 9.59 Å². The first-order valence-corrected chi connectivity index (χ1v) is 19.4. The Morgan fingerprint density at radius 2 is 0.854 bits per heavy atom. The van der Waals surface area contributed by atoms with Gasteiger partial charge in [0, 0.05) is 50.3 Å². The van der Waals surface area contributed by atoms with Crippen LogP contribution >= 0.6 is 0 Å². The number of urea groups is 2. The molecule has 8 aliphatic carbocycles. The van der Waals surface area contributed by atoms with Gasteiger partial charge in [-0.05, 0) is 151 Å². The highest BCUT2D eigenvalue weighted by Crippen LogP contribution is 2.56. The fourth-order valence-electron chi connectivity index (χ4n) is 12.2. The van der Waals surface area contributed by atoms with E-state index in [4.69, 9.17) is 22.3 Å². The molecule has 268 valence electrons. The summed E-state index contributed by atoms with van der Waals surface area (Å²) in [4.78, 5) is 34.5. The maximum absolute atomic E-state index is 13.3. The predicted octanol–water partition coefficient (Wildman–Crippen LogP) is 3.91. The molecule has 0 radical (unpaired) electrons. The number of hydrogen-bond donors (Lipinski definition) is 6. The lowest BCUT2D eigenvalue weighted by molar-refractivity contribution is -0.0150. The van der Waals surface area contributed by atoms with Gasteiger partial charge in [0.2, 0.25) is 0 Å². The Bertz CT molecular complexity index is 1050. The molecule has 0 aromatic heterocycles. The number of amides is 4. The van der Waals surface area contributed by atoms with Gasteiger partial charge < -0.3 is 31.9 Å². The number of nitrogens with zero attached hydrogens (tertiary/aromatic N) is 4. The quantitative estimate of drug-likeness (QED) is 0.105. The summed E-state index contributed by atoms with van der Waals surface area (Å²) in [7, 11) is 0. The van der Waals surface area contributed by atoms with Crippen LogP contribution in [-0.2, 0) is 0 Å². The minimum absolute atomic E-state index is 0.0750. The van der Waals surface area contributed by atoms with Crippen molar-refractivity contribution in [3.63, 3.8) is 0 Å². The summed E-state index contributed by atoms with van der Waals surface area (Å²) >= 11 is 0. The van der Waals surface area contributed by atoms with Crippen molar-refractivity contribution >= 4 is 24.0 Å². The number of piperazine rings is 1. The Balaban J connectivity index is 0.767. The normalized spacial score (nSPS) is 36.6. The molecular formula is C36H62N10O2. The van der Waals surface area contributed by atoms with Gasteiger partial charge in [-0.1, -0.05) is 0 Å². The zero-order chi connectivity index (χ0) is 33.5. The Kier molecular flexibility index (Phi) is 9.85. The van der Waals surface area contributed by atoms with Crippen LogP contribution in [0.2, 0.25) is 0 Å². The average Bonchev–Trinajstić information content (AvgIpc) is 2.99. The van der Waals surface area contributed by atoms with Gasteiger partial charge in [0.1, 0.15) is 0 Å². The van der Waals surface area contributed by atoms with E-state index in [9.17, 15) is 9.59 Å². The number of guanidine groups is 2. The van der Waals surface area contributed by atoms with Gasteiger partial charge in [-0.3, -0.25) is 20.6 Å². The fraction of sp³-hybridized carbons (Fsp3) is 0.889. The van der Waals surface area contributed by atoms with Gasteiger partial charge >= 0.3 is 12.1 Å². The van der Waals surface area contributed by atoms with Crippen LogP contribution in [0.5, 0.6) is 0 Å². The molecule has 0 spiro atoms. The average molecular weight is 667 g/mol. The molecule has 8 saturated carbocycles. The lowest BCUT2D eigenvalue weighted by Gasteiger charge is -2.57. The van der Waals surface area contributed by atoms with Crippen molar-refractivity contribution in [2.45, 2.75) is 114 Å². The first-order valence-electron chi connectivity index (χ1n) is 19.4. The Labute approximate surface area is 287 Å². The van der Waals surface area contributed by atoms with E-state index in [-0.39, 0.29) is 35.1 Å². The second kappa shape index (κ2) is 14.0. The van der Waals surface area contributed by atoms with E-state index in [0.717, 1.165) is 139 Å². The van der Waals surface area contributed by atoms with Crippen LogP contribution < -0.4 is 22.1 Å². The highest BCUT2D eigenvalue weighted by molar-refractivity contribution is 5.94. The van der Waals surface area contributed by atoms with Gasteiger partial charge in [-0.25, -0.2) is 9.59 Å². The highest BCUT2D eigenvalue weighted by Gasteiger charge is 2.53. The molecule has 12 nitrogen and oxygen atoms in total. The van der Waals surface area contributed by atoms with Crippen LogP contribution in [0.3, 0.4) is 0 Å². The monoisotopic (exact) mass is 667 g/mol. The Hall–Kier alpha value is -2.60. The minimum Gasteiger partial charge on any atom is -0.370 e. The number of rotatable bonds is 12. The largest absolute Gasteiger partial charge is 0.370 e. The summed E-state index contributed by atoms with van der Waals surface area (Å²) < 4.78 is 0. The lowest BCUT2D eigenvalue weighted by Crippen LogP contribution is -2.62. The summed E-state index contributed by atoms with van der Waals surface area (Å²) in [5, 5.41) is 22.9. The van der Waals surface area contributed by atoms with Crippen molar-refractivity contribution in [3.05, 3.63) is 0 Å². The maximum atomic E-state index is 13.3. The third kappa shape index (κ3) is 7.59. The van der Waals surface area contributed by atoms with Gasteiger partial charge in [-0.2, -0.15) is 0 Å². The van der Waals surface area contributed by atoms with Crippen molar-refractivity contribution in [1.82, 2.24) is 30.2 Å². The van der Waals surface area contributed by atoms with E-state index >= 15 is 0 Å². The van der Waals surface area contributed by atoms with Gasteiger partial charge in [0.05, 0.1) is 0 Å². The van der Waals surface area contributed by atoms with Crippen LogP contribution in [0, 0.1) is 46.3 Å². The molecule has 9 fully saturated rings. The number of unbranched alkanes of at least 4 members (excludes halogenated alkanes) is 2. The minimum atomic E-state index is -0.173. The summed E-state index contributed by atoms with van der Waals surface area (Å²) in [6.07, 6.45) is 18.2. The third-order valence-corrected chi connectivity index (χ3v) is 13.6. The molecule has 1 saturated heterocycles. The second-order valence-corrected chi connectivity index (χ2v) is 17.4. The van der Waals surface area contributed by atoms with Crippen molar-refractivity contribution < 1.29 is 9.59 Å². The third-order valence-electron chi connectivity index (χ3n) is 13.6. The molecule has 4 amide bonds. The number of nitrogens with two attached hydrogens (primary N) is 2. The standard InChI is InChI=1S/C36H62N10O2/c37-31(38)45(33(47)41-35-19-25-13-26(20-35)15-27(14-25)21-35)7-3-1-5-43-9-11-44(12-10-43)6-2-4-8-46(32(39)40)34(48)42-36-22-28-16-29(23-36)18-30(17-28)24-36/h25-30H,1-24H2,(H3,37,38)(H3,39,40)(H,41,47)(H,42,48). The van der Waals surface area contributed by atoms with Gasteiger partial charge in [-0.15, -0.1) is 0 Å². The summed E-state index contributed by atoms with van der Waals surface area (Å²) in [6.45, 7) is 7.06. The molecule has 1 heterocycles. The molecular weight excluding hydrogens is 604 g/mol. The van der Waals surface area contributed by atoms with E-state index in [1.54, 1.807) is 0 Å². The smallest absolute Gasteiger partial charge is 0.324 e. The predicted molar refractivity (Wildman–Crippen MR) is 187 cm³/mol. The lowest BCUT2D eigenvalue weighted by atomic mass is 9.53. The van der Waals surface area contributed by atoms with Crippen LogP contribution in [0.1, 0.15) is 103 Å². The number of carbonyl (C=O) groups excluding carboxylic acids is 2. The molecule has 0 unspecified atom stereocenters. The van der Waals surface area contributed by atoms with E-state index in [0.29, 0.717) is 13.1 Å². The molecule has 8 bridgehead atoms. The molecule has 48 heavy (non-hydrogen) atoms. The maximum Gasteiger partial charge on any atom is 0.324 e. The summed E-state index contributed by atoms with van der Waals surface area (Å²) in [6, 6.07) is -0.347. The number of nitrogens with one attached hydrogen (secondary N) is 4. The fourth-order valence-corrected chi connectivity index (χ4v) is 12.2. The van der Waals surface area contributed by atoms with Gasteiger partial charge in [0.15, 0.2) is 11.9 Å². The Morgan fingerprint density at radius 3 is 1.12 bits per heavy atom. The van der Waals surface area contributed by atoms with Gasteiger partial charge in [0.25, 0.3) is 0 Å². The molecule has 1 aliphatic heterocycles. The van der Waals surface area contributed by atoms with Crippen molar-refractivity contribution in [2.24, 2.45) is 47.0 Å². The van der Waals surface area contributed by atoms with E-state index in [1.807, 2.05) is 0 Å². The highest BCUT2D eigenvalue weighted by atomic mass is 16.2. The zero-order valence-corrected chi connectivity index (χ0v) is 29.2. The Morgan fingerprint density at radius 1 is 0.562 bits per heavy atom. The SMILES string of the molecule is N=C(N)N(CCCCN1CCN(CCCCN(C(=N)N)C(=O)NC23CC4CC(CC(C4)C2)C3)CC1)C(=O)NC12CC3CC(CC(C3)C1)C2. The van der Waals surface area contributed by atoms with E-state index in [1.165, 1.54) is 48.3 Å². The second-order valence-electron chi connectivity index (χ2n) is 17.4. The first kappa shape index (κ1) is 33.9. The molecule has 12 heteroatoms. The molecule has 0 aromatic carbocycles. The number of carbonyl (C=O) groups is 2. The summed E-state index contributed by atoms with van der Waals surface area (Å²) in [5.41, 5.74) is 11.6. The van der Waals surface area contributed by atoms with E-state index in [2.05, 4.69) is 20.4 Å². The van der Waals surface area contributed by atoms with Crippen LogP contribution in [-0.4, -0.2) is 107 Å². The van der Waals surface area contributed by atoms with Crippen LogP contribution in [0.25, 0.3) is 0 Å². The van der Waals surface area contributed by atoms with Crippen LogP contribution in [0.15, 0.2) is 0 Å². The number of hydrogen-bond acceptors (Lipinski definition) is 6. The first-order chi connectivity index (χ1) is 23.1. The molecule has 0 atom stereocenters. The van der Waals surface area contributed by atoms with E-state index < -0.39 is 0 Å². The molecule has 0 aromatic rings. The molecule has 9 rings (SSSR count). The van der Waals surface area contributed by atoms with Crippen molar-refractivity contribution in [1.29, 1.82) is 10.8 Å². The van der Waals surface area contributed by atoms with Crippen molar-refractivity contribution in [2.75, 3.05) is 52.4 Å². The zero-order valence-electron chi connectivity index (χ0n) is 29.2. The molecule has 9 aliphatic rings. The molecule has 8 N–H and O–H groups in total. The summed E-state index contributed by atoms with van der Waals surface area (Å²) in [5.74, 6) is 4.24. The topological polar surface area (TPSA) is 171 Å². The van der Waals surface area contributed by atoms with Crippen molar-refractivity contribution in [3.8, 4) is 0 Å².